The molecular weight excluding hydrogens is 397 g/mol. The summed E-state index contributed by atoms with van der Waals surface area (Å²) >= 11 is 0. The van der Waals surface area contributed by atoms with E-state index in [2.05, 4.69) is 32.4 Å². The topological polar surface area (TPSA) is 61.4 Å². The molecule has 2 aliphatic heterocycles. The van der Waals surface area contributed by atoms with Crippen molar-refractivity contribution in [3.05, 3.63) is 17.8 Å². The van der Waals surface area contributed by atoms with Crippen LogP contribution in [0.2, 0.25) is 0 Å². The lowest BCUT2D eigenvalue weighted by Gasteiger charge is -2.44. The van der Waals surface area contributed by atoms with Crippen LogP contribution in [-0.2, 0) is 4.79 Å². The van der Waals surface area contributed by atoms with Crippen LogP contribution < -0.4 is 10.2 Å². The average molecular weight is 430 g/mol. The summed E-state index contributed by atoms with van der Waals surface area (Å²) in [5, 5.41) is 12.0. The lowest BCUT2D eigenvalue weighted by atomic mass is 9.67. The Morgan fingerprint density at radius 1 is 1.18 bits per heavy atom. The molecule has 1 aromatic rings. The molecule has 0 aromatic carbocycles. The third-order valence-electron chi connectivity index (χ3n) is 6.91. The molecule has 1 N–H and O–H groups in total. The standard InChI is InChI=1S/C20H31N5O.2ClH/c1-15-6-7-18(23-22-15)24(2)17-8-11-25(12-9-17)19(26)20-10-4-3-5-16(20)13-21-14-20;;/h6-7,16-17,21H,3-5,8-14H2,1-2H3;2*1H/t16-,20+;;/m0../s1. The summed E-state index contributed by atoms with van der Waals surface area (Å²) < 4.78 is 0. The summed E-state index contributed by atoms with van der Waals surface area (Å²) in [5.74, 6) is 1.89. The molecule has 3 aliphatic rings. The molecule has 1 saturated carbocycles. The van der Waals surface area contributed by atoms with E-state index in [1.165, 1.54) is 19.3 Å². The van der Waals surface area contributed by atoms with Crippen molar-refractivity contribution in [3.8, 4) is 0 Å². The number of rotatable bonds is 3. The second-order valence-electron chi connectivity index (χ2n) is 8.40. The van der Waals surface area contributed by atoms with Crippen LogP contribution in [0.25, 0.3) is 0 Å². The van der Waals surface area contributed by atoms with Crippen LogP contribution >= 0.6 is 24.8 Å². The molecule has 0 bridgehead atoms. The Kier molecular flexibility index (Phi) is 7.94. The van der Waals surface area contributed by atoms with E-state index in [-0.39, 0.29) is 30.2 Å². The van der Waals surface area contributed by atoms with Gasteiger partial charge in [0.1, 0.15) is 0 Å². The number of amides is 1. The number of nitrogens with one attached hydrogen (secondary N) is 1. The molecule has 1 aromatic heterocycles. The molecule has 3 fully saturated rings. The molecular formula is C20H33Cl2N5O. The minimum Gasteiger partial charge on any atom is -0.355 e. The summed E-state index contributed by atoms with van der Waals surface area (Å²) in [6, 6.07) is 4.47. The van der Waals surface area contributed by atoms with Crippen molar-refractivity contribution >= 4 is 36.5 Å². The van der Waals surface area contributed by atoms with Crippen molar-refractivity contribution in [2.24, 2.45) is 11.3 Å². The second-order valence-corrected chi connectivity index (χ2v) is 8.40. The number of hydrogen-bond donors (Lipinski definition) is 1. The van der Waals surface area contributed by atoms with Gasteiger partial charge in [-0.3, -0.25) is 4.79 Å². The maximum Gasteiger partial charge on any atom is 0.230 e. The predicted molar refractivity (Wildman–Crippen MR) is 117 cm³/mol. The first-order valence-corrected chi connectivity index (χ1v) is 10.1. The molecule has 0 radical (unpaired) electrons. The van der Waals surface area contributed by atoms with Crippen molar-refractivity contribution in [2.45, 2.75) is 51.5 Å². The van der Waals surface area contributed by atoms with Crippen LogP contribution in [0.1, 0.15) is 44.2 Å². The molecule has 8 heteroatoms. The summed E-state index contributed by atoms with van der Waals surface area (Å²) in [7, 11) is 2.10. The molecule has 4 rings (SSSR count). The largest absolute Gasteiger partial charge is 0.355 e. The van der Waals surface area contributed by atoms with Crippen LogP contribution in [0, 0.1) is 18.3 Å². The Hall–Kier alpha value is -1.11. The molecule has 2 atom stereocenters. The number of carbonyl (C=O) groups excluding carboxylic acids is 1. The SMILES string of the molecule is Cc1ccc(N(C)C2CCN(C(=O)[C@@]34CCCC[C@H]3CNC4)CC2)nn1.Cl.Cl. The molecule has 28 heavy (non-hydrogen) atoms. The Balaban J connectivity index is 0.00000140. The summed E-state index contributed by atoms with van der Waals surface area (Å²) in [4.78, 5) is 17.8. The van der Waals surface area contributed by atoms with Crippen LogP contribution in [0.4, 0.5) is 5.82 Å². The summed E-state index contributed by atoms with van der Waals surface area (Å²) in [6.07, 6.45) is 6.78. The lowest BCUT2D eigenvalue weighted by Crippen LogP contribution is -2.53. The van der Waals surface area contributed by atoms with Gasteiger partial charge in [0.25, 0.3) is 0 Å². The van der Waals surface area contributed by atoms with Gasteiger partial charge in [-0.2, -0.15) is 5.10 Å². The zero-order valence-corrected chi connectivity index (χ0v) is 18.5. The number of anilines is 1. The molecule has 0 unspecified atom stereocenters. The number of carbonyl (C=O) groups is 1. The van der Waals surface area contributed by atoms with Gasteiger partial charge in [0, 0.05) is 32.7 Å². The maximum absolute atomic E-state index is 13.4. The van der Waals surface area contributed by atoms with Gasteiger partial charge in [-0.25, -0.2) is 0 Å². The summed E-state index contributed by atoms with van der Waals surface area (Å²) in [6.45, 7) is 5.59. The highest BCUT2D eigenvalue weighted by Crippen LogP contribution is 2.45. The molecule has 158 valence electrons. The molecule has 3 heterocycles. The highest BCUT2D eigenvalue weighted by atomic mass is 35.5. The van der Waals surface area contributed by atoms with Crippen LogP contribution in [0.15, 0.2) is 12.1 Å². The van der Waals surface area contributed by atoms with Gasteiger partial charge in [-0.1, -0.05) is 12.8 Å². The number of fused-ring (bicyclic) bond motifs is 1. The number of aryl methyl sites for hydroxylation is 1. The van der Waals surface area contributed by atoms with E-state index in [1.54, 1.807) is 0 Å². The van der Waals surface area contributed by atoms with Gasteiger partial charge in [-0.05, 0) is 57.2 Å². The minimum atomic E-state index is -0.112. The van der Waals surface area contributed by atoms with E-state index >= 15 is 0 Å². The van der Waals surface area contributed by atoms with Gasteiger partial charge < -0.3 is 15.1 Å². The van der Waals surface area contributed by atoms with Crippen LogP contribution in [-0.4, -0.2) is 60.3 Å². The van der Waals surface area contributed by atoms with Gasteiger partial charge in [-0.15, -0.1) is 29.9 Å². The van der Waals surface area contributed by atoms with Gasteiger partial charge in [0.2, 0.25) is 5.91 Å². The summed E-state index contributed by atoms with van der Waals surface area (Å²) in [5.41, 5.74) is 0.827. The molecule has 6 nitrogen and oxygen atoms in total. The molecule has 0 spiro atoms. The number of halogens is 2. The Morgan fingerprint density at radius 3 is 2.61 bits per heavy atom. The third-order valence-corrected chi connectivity index (χ3v) is 6.91. The van der Waals surface area contributed by atoms with Crippen LogP contribution in [0.3, 0.4) is 0 Å². The first-order valence-electron chi connectivity index (χ1n) is 10.1. The Labute approximate surface area is 180 Å². The zero-order chi connectivity index (χ0) is 18.1. The van der Waals surface area contributed by atoms with E-state index < -0.39 is 0 Å². The maximum atomic E-state index is 13.4. The number of likely N-dealkylation sites (tertiary alicyclic amines) is 1. The van der Waals surface area contributed by atoms with E-state index in [1.807, 2.05) is 19.1 Å². The molecule has 1 amide bonds. The van der Waals surface area contributed by atoms with E-state index in [4.69, 9.17) is 0 Å². The van der Waals surface area contributed by atoms with Crippen LogP contribution in [0.5, 0.6) is 0 Å². The number of aromatic nitrogens is 2. The Bertz CT molecular complexity index is 651. The lowest BCUT2D eigenvalue weighted by molar-refractivity contribution is -0.146. The fourth-order valence-electron chi connectivity index (χ4n) is 5.21. The normalized spacial score (nSPS) is 27.4. The van der Waals surface area contributed by atoms with Gasteiger partial charge in [0.05, 0.1) is 11.1 Å². The predicted octanol–water partition coefficient (Wildman–Crippen LogP) is 2.84. The first kappa shape index (κ1) is 23.2. The molecule has 2 saturated heterocycles. The van der Waals surface area contributed by atoms with Crippen molar-refractivity contribution < 1.29 is 4.79 Å². The van der Waals surface area contributed by atoms with E-state index in [0.29, 0.717) is 17.9 Å². The quantitative estimate of drug-likeness (QED) is 0.799. The van der Waals surface area contributed by atoms with Crippen molar-refractivity contribution in [1.29, 1.82) is 0 Å². The van der Waals surface area contributed by atoms with Gasteiger partial charge >= 0.3 is 0 Å². The van der Waals surface area contributed by atoms with Crippen molar-refractivity contribution in [2.75, 3.05) is 38.1 Å². The number of nitrogens with zero attached hydrogens (tertiary/aromatic N) is 4. The zero-order valence-electron chi connectivity index (χ0n) is 16.9. The highest BCUT2D eigenvalue weighted by Gasteiger charge is 2.51. The van der Waals surface area contributed by atoms with Gasteiger partial charge in [0.15, 0.2) is 5.82 Å². The highest BCUT2D eigenvalue weighted by molar-refractivity contribution is 5.85. The fraction of sp³-hybridized carbons (Fsp3) is 0.750. The monoisotopic (exact) mass is 429 g/mol. The van der Waals surface area contributed by atoms with Crippen molar-refractivity contribution in [1.82, 2.24) is 20.4 Å². The van der Waals surface area contributed by atoms with Crippen molar-refractivity contribution in [3.63, 3.8) is 0 Å². The third kappa shape index (κ3) is 4.24. The molecule has 1 aliphatic carbocycles. The number of hydrogen-bond acceptors (Lipinski definition) is 5. The first-order chi connectivity index (χ1) is 12.6. The van der Waals surface area contributed by atoms with E-state index in [9.17, 15) is 4.79 Å². The smallest absolute Gasteiger partial charge is 0.230 e. The average Bonchev–Trinajstić information content (AvgIpc) is 3.13. The minimum absolute atomic E-state index is 0. The van der Waals surface area contributed by atoms with E-state index in [0.717, 1.165) is 57.0 Å². The second kappa shape index (κ2) is 9.59. The fourth-order valence-corrected chi connectivity index (χ4v) is 5.21. The Morgan fingerprint density at radius 2 is 1.93 bits per heavy atom. The number of piperidine rings is 1.